The minimum Gasteiger partial charge on any atom is -0.507 e. The van der Waals surface area contributed by atoms with Crippen LogP contribution in [0.4, 0.5) is 21.6 Å². The maximum atomic E-state index is 15.8. The third-order valence-corrected chi connectivity index (χ3v) is 13.2. The molecule has 15 heteroatoms. The van der Waals surface area contributed by atoms with Gasteiger partial charge in [-0.3, -0.25) is 34.3 Å². The third-order valence-electron chi connectivity index (χ3n) is 13.2. The van der Waals surface area contributed by atoms with Crippen LogP contribution in [-0.4, -0.2) is 137 Å². The molecule has 286 valence electrons. The Labute approximate surface area is 317 Å². The Bertz CT molecular complexity index is 2090. The number of piperidine rings is 3. The highest BCUT2D eigenvalue weighted by Crippen LogP contribution is 2.52. The number of carbonyl (C=O) groups is 4. The quantitative estimate of drug-likeness (QED) is 0.304. The number of carbonyl (C=O) groups excluding carboxylic acids is 4. The molecule has 1 aromatic heterocycles. The number of anilines is 3. The molecule has 1 saturated carbocycles. The van der Waals surface area contributed by atoms with Gasteiger partial charge in [-0.25, -0.2) is 4.39 Å². The lowest BCUT2D eigenvalue weighted by Crippen LogP contribution is -2.58. The molecular weight excluding hydrogens is 705 g/mol. The standard InChI is InChI=1S/C40H44FN9O5/c41-31-21-48(23-5-6-25-27(13-23)40(55)50(39(25)54)33-7-8-36(52)43-38(33)53)10-9-22(31)16-47-19-29-28(30(29)20-47)18-46-11-12-49-24(17-46)15-42-37-34(49)14-32(44-45-37)26-3-1-2-4-35(26)51/h1-6,13-14,22,24,28-31,33,51H,7-12,15-21H2,(H,42,45)(H,43,52,53)/t22-,24?,28-,29-,30+,31-,33?/m1/s1. The Kier molecular flexibility index (Phi) is 8.28. The normalized spacial score (nSPS) is 30.4. The van der Waals surface area contributed by atoms with Gasteiger partial charge in [0.05, 0.1) is 28.6 Å². The van der Waals surface area contributed by atoms with Crippen molar-refractivity contribution in [2.45, 2.75) is 37.5 Å². The smallest absolute Gasteiger partial charge is 0.262 e. The molecule has 1 aliphatic carbocycles. The summed E-state index contributed by atoms with van der Waals surface area (Å²) in [5.74, 6) is 0.813. The zero-order valence-corrected chi connectivity index (χ0v) is 30.4. The van der Waals surface area contributed by atoms with Crippen LogP contribution < -0.4 is 20.4 Å². The molecule has 3 N–H and O–H groups in total. The van der Waals surface area contributed by atoms with E-state index in [-0.39, 0.29) is 42.2 Å². The van der Waals surface area contributed by atoms with Crippen LogP contribution in [0.5, 0.6) is 5.75 Å². The summed E-state index contributed by atoms with van der Waals surface area (Å²) in [5, 5.41) is 24.9. The van der Waals surface area contributed by atoms with Gasteiger partial charge in [-0.1, -0.05) is 12.1 Å². The Morgan fingerprint density at radius 2 is 1.64 bits per heavy atom. The Hall–Kier alpha value is -5.15. The average molecular weight is 750 g/mol. The van der Waals surface area contributed by atoms with Gasteiger partial charge in [0, 0.05) is 89.0 Å². The number of imide groups is 2. The van der Waals surface area contributed by atoms with Crippen molar-refractivity contribution >= 4 is 40.8 Å². The first kappa shape index (κ1) is 34.3. The van der Waals surface area contributed by atoms with E-state index in [2.05, 4.69) is 35.5 Å². The lowest BCUT2D eigenvalue weighted by Gasteiger charge is -2.46. The molecule has 6 aliphatic heterocycles. The van der Waals surface area contributed by atoms with Crippen LogP contribution in [0.3, 0.4) is 0 Å². The monoisotopic (exact) mass is 749 g/mol. The van der Waals surface area contributed by atoms with E-state index in [1.807, 2.05) is 23.1 Å². The summed E-state index contributed by atoms with van der Waals surface area (Å²) in [7, 11) is 0. The highest BCUT2D eigenvalue weighted by atomic mass is 19.1. The average Bonchev–Trinajstić information content (AvgIpc) is 3.49. The molecule has 2 unspecified atom stereocenters. The summed E-state index contributed by atoms with van der Waals surface area (Å²) >= 11 is 0. The van der Waals surface area contributed by atoms with Crippen molar-refractivity contribution in [2.24, 2.45) is 23.7 Å². The number of para-hydroxylation sites is 1. The van der Waals surface area contributed by atoms with Crippen molar-refractivity contribution in [3.05, 3.63) is 59.7 Å². The molecule has 0 bridgehead atoms. The van der Waals surface area contributed by atoms with E-state index >= 15 is 4.39 Å². The number of rotatable bonds is 7. The van der Waals surface area contributed by atoms with E-state index in [0.29, 0.717) is 53.7 Å². The summed E-state index contributed by atoms with van der Waals surface area (Å²) in [6.45, 7) is 8.48. The van der Waals surface area contributed by atoms with E-state index in [1.54, 1.807) is 30.3 Å². The molecule has 0 spiro atoms. The zero-order valence-electron chi connectivity index (χ0n) is 30.4. The second-order valence-corrected chi connectivity index (χ2v) is 16.4. The van der Waals surface area contributed by atoms with E-state index in [1.165, 1.54) is 0 Å². The fraction of sp³-hybridized carbons (Fsp3) is 0.500. The molecule has 7 aliphatic rings. The number of nitrogens with one attached hydrogen (secondary N) is 2. The highest BCUT2D eigenvalue weighted by molar-refractivity contribution is 6.23. The van der Waals surface area contributed by atoms with E-state index in [4.69, 9.17) is 0 Å². The first-order chi connectivity index (χ1) is 26.7. The first-order valence-corrected chi connectivity index (χ1v) is 19.6. The van der Waals surface area contributed by atoms with Crippen LogP contribution in [0.25, 0.3) is 11.3 Å². The number of benzene rings is 2. The van der Waals surface area contributed by atoms with Gasteiger partial charge in [-0.2, -0.15) is 0 Å². The number of nitrogens with zero attached hydrogens (tertiary/aromatic N) is 7. The van der Waals surface area contributed by atoms with Gasteiger partial charge in [0.2, 0.25) is 11.8 Å². The largest absolute Gasteiger partial charge is 0.507 e. The second kappa shape index (κ2) is 13.3. The summed E-state index contributed by atoms with van der Waals surface area (Å²) in [6, 6.07) is 13.6. The van der Waals surface area contributed by atoms with Gasteiger partial charge < -0.3 is 25.1 Å². The lowest BCUT2D eigenvalue weighted by molar-refractivity contribution is -0.136. The Morgan fingerprint density at radius 3 is 2.44 bits per heavy atom. The van der Waals surface area contributed by atoms with Crippen molar-refractivity contribution in [2.75, 3.05) is 80.6 Å². The minimum absolute atomic E-state index is 0.0568. The van der Waals surface area contributed by atoms with Crippen molar-refractivity contribution < 1.29 is 28.7 Å². The number of hydrogen-bond acceptors (Lipinski definition) is 12. The molecule has 3 aromatic rings. The molecule has 7 atom stereocenters. The predicted molar refractivity (Wildman–Crippen MR) is 200 cm³/mol. The topological polar surface area (TPSA) is 155 Å². The summed E-state index contributed by atoms with van der Waals surface area (Å²) in [4.78, 5) is 60.9. The highest BCUT2D eigenvalue weighted by Gasteiger charge is 2.56. The summed E-state index contributed by atoms with van der Waals surface area (Å²) < 4.78 is 15.8. The van der Waals surface area contributed by atoms with E-state index in [0.717, 1.165) is 68.8 Å². The molecule has 4 amide bonds. The maximum absolute atomic E-state index is 15.8. The molecule has 0 radical (unpaired) electrons. The number of aromatic nitrogens is 2. The van der Waals surface area contributed by atoms with Crippen LogP contribution in [-0.2, 0) is 9.59 Å². The fourth-order valence-corrected chi connectivity index (χ4v) is 10.2. The van der Waals surface area contributed by atoms with Crippen LogP contribution >= 0.6 is 0 Å². The zero-order chi connectivity index (χ0) is 37.5. The van der Waals surface area contributed by atoms with Crippen LogP contribution in [0, 0.1) is 23.7 Å². The number of aromatic hydroxyl groups is 1. The molecule has 14 nitrogen and oxygen atoms in total. The van der Waals surface area contributed by atoms with Gasteiger partial charge in [-0.05, 0) is 67.0 Å². The number of phenolic OH excluding ortho intramolecular Hbond substituents is 1. The van der Waals surface area contributed by atoms with Crippen molar-refractivity contribution in [1.82, 2.24) is 30.2 Å². The van der Waals surface area contributed by atoms with Gasteiger partial charge >= 0.3 is 0 Å². The van der Waals surface area contributed by atoms with Gasteiger partial charge in [0.25, 0.3) is 11.8 Å². The number of likely N-dealkylation sites (tertiary alicyclic amines) is 1. The SMILES string of the molecule is O=C1CCC(N2C(=O)c3ccc(N4CC[C@H](CN5C[C@@H]6[C@@H](CN7CCN8c9cc(-c%10ccccc%10O)nnc9NCC8C7)[C@@H]6C5)[C@H](F)C4)cc3C2=O)C(=O)N1. The number of fused-ring (bicyclic) bond motifs is 5. The first-order valence-electron chi connectivity index (χ1n) is 19.6. The van der Waals surface area contributed by atoms with Crippen LogP contribution in [0.15, 0.2) is 48.5 Å². The van der Waals surface area contributed by atoms with Crippen molar-refractivity contribution in [3.63, 3.8) is 0 Å². The second-order valence-electron chi connectivity index (χ2n) is 16.4. The molecule has 7 heterocycles. The fourth-order valence-electron chi connectivity index (χ4n) is 10.2. The number of halogens is 1. The van der Waals surface area contributed by atoms with Gasteiger partial charge in [0.15, 0.2) is 5.82 Å². The van der Waals surface area contributed by atoms with Gasteiger partial charge in [0.1, 0.15) is 18.0 Å². The Morgan fingerprint density at radius 1 is 0.818 bits per heavy atom. The number of hydrogen-bond donors (Lipinski definition) is 3. The number of phenols is 1. The maximum Gasteiger partial charge on any atom is 0.262 e. The van der Waals surface area contributed by atoms with Crippen molar-refractivity contribution in [3.8, 4) is 17.0 Å². The molecule has 10 rings (SSSR count). The van der Waals surface area contributed by atoms with E-state index < -0.39 is 35.8 Å². The van der Waals surface area contributed by atoms with E-state index in [9.17, 15) is 24.3 Å². The summed E-state index contributed by atoms with van der Waals surface area (Å²) in [5.41, 5.74) is 3.52. The molecule has 5 fully saturated rings. The van der Waals surface area contributed by atoms with Crippen molar-refractivity contribution in [1.29, 1.82) is 0 Å². The molecular formula is C40H44FN9O5. The molecule has 2 aromatic carbocycles. The van der Waals surface area contributed by atoms with Gasteiger partial charge in [-0.15, -0.1) is 10.2 Å². The van der Waals surface area contributed by atoms with Crippen LogP contribution in [0.1, 0.15) is 40.0 Å². The van der Waals surface area contributed by atoms with Crippen LogP contribution in [0.2, 0.25) is 0 Å². The molecule has 4 saturated heterocycles. The number of amides is 4. The third kappa shape index (κ3) is 5.98. The summed E-state index contributed by atoms with van der Waals surface area (Å²) in [6.07, 6.45) is -0.147. The minimum atomic E-state index is -1.02. The molecule has 55 heavy (non-hydrogen) atoms. The Balaban J connectivity index is 0.701. The lowest BCUT2D eigenvalue weighted by atomic mass is 9.93. The predicted octanol–water partition coefficient (Wildman–Crippen LogP) is 2.21. The number of alkyl halides is 1. The number of piperazine rings is 1.